The summed E-state index contributed by atoms with van der Waals surface area (Å²) in [6.07, 6.45) is 3.09. The van der Waals surface area contributed by atoms with Crippen LogP contribution in [0.4, 0.5) is 0 Å². The third-order valence-corrected chi connectivity index (χ3v) is 6.87. The van der Waals surface area contributed by atoms with Crippen LogP contribution in [-0.4, -0.2) is 62.8 Å². The summed E-state index contributed by atoms with van der Waals surface area (Å²) in [6, 6.07) is 9.94. The van der Waals surface area contributed by atoms with Crippen LogP contribution in [0.25, 0.3) is 0 Å². The van der Waals surface area contributed by atoms with Crippen LogP contribution in [-0.2, 0) is 16.4 Å². The lowest BCUT2D eigenvalue weighted by atomic mass is 10.1. The van der Waals surface area contributed by atoms with E-state index < -0.39 is 10.0 Å². The van der Waals surface area contributed by atoms with E-state index in [4.69, 9.17) is 4.42 Å². The molecule has 28 heavy (non-hydrogen) atoms. The van der Waals surface area contributed by atoms with Gasteiger partial charge in [-0.25, -0.2) is 8.42 Å². The Balaban J connectivity index is 1.64. The molecular weight excluding hydrogens is 378 g/mol. The molecule has 0 bridgehead atoms. The largest absolute Gasteiger partial charge is 0.469 e. The number of furan rings is 1. The molecular formula is C20H27N3O4S. The standard InChI is InChI=1S/C20H27N3O4S/c1-16(8-9-18-6-4-14-27-18)21-20(24)17-5-3-7-19(15-17)28(25,26)23-12-10-22(2)11-13-23/h3-7,14-16H,8-13H2,1-2H3,(H,21,24). The van der Waals surface area contributed by atoms with Crippen molar-refractivity contribution in [2.24, 2.45) is 0 Å². The number of sulfonamides is 1. The number of benzene rings is 1. The van der Waals surface area contributed by atoms with Crippen molar-refractivity contribution in [3.8, 4) is 0 Å². The molecule has 1 N–H and O–H groups in total. The van der Waals surface area contributed by atoms with E-state index in [1.807, 2.05) is 26.1 Å². The third-order valence-electron chi connectivity index (χ3n) is 4.98. The minimum absolute atomic E-state index is 0.0597. The molecule has 2 aromatic rings. The van der Waals surface area contributed by atoms with Crippen molar-refractivity contribution in [3.63, 3.8) is 0 Å². The second-order valence-corrected chi connectivity index (χ2v) is 9.17. The molecule has 1 atom stereocenters. The van der Waals surface area contributed by atoms with E-state index in [1.54, 1.807) is 24.5 Å². The average molecular weight is 406 g/mol. The number of nitrogens with one attached hydrogen (secondary N) is 1. The highest BCUT2D eigenvalue weighted by molar-refractivity contribution is 7.89. The number of nitrogens with zero attached hydrogens (tertiary/aromatic N) is 2. The smallest absolute Gasteiger partial charge is 0.251 e. The first-order chi connectivity index (χ1) is 13.4. The van der Waals surface area contributed by atoms with Gasteiger partial charge in [0.2, 0.25) is 10.0 Å². The van der Waals surface area contributed by atoms with E-state index in [2.05, 4.69) is 10.2 Å². The highest BCUT2D eigenvalue weighted by atomic mass is 32.2. The highest BCUT2D eigenvalue weighted by Gasteiger charge is 2.28. The first kappa shape index (κ1) is 20.6. The van der Waals surface area contributed by atoms with Crippen molar-refractivity contribution in [1.82, 2.24) is 14.5 Å². The van der Waals surface area contributed by atoms with Gasteiger partial charge in [0.25, 0.3) is 5.91 Å². The highest BCUT2D eigenvalue weighted by Crippen LogP contribution is 2.19. The molecule has 0 aliphatic carbocycles. The SMILES string of the molecule is CC(CCc1ccco1)NC(=O)c1cccc(S(=O)(=O)N2CCN(C)CC2)c1. The molecule has 3 rings (SSSR count). The number of carbonyl (C=O) groups is 1. The number of rotatable bonds is 7. The molecule has 0 radical (unpaired) electrons. The van der Waals surface area contributed by atoms with Crippen LogP contribution in [0.15, 0.2) is 52.0 Å². The minimum atomic E-state index is -3.60. The number of hydrogen-bond donors (Lipinski definition) is 1. The molecule has 8 heteroatoms. The van der Waals surface area contributed by atoms with Gasteiger partial charge in [0, 0.05) is 44.2 Å². The van der Waals surface area contributed by atoms with Crippen molar-refractivity contribution >= 4 is 15.9 Å². The summed E-state index contributed by atoms with van der Waals surface area (Å²) >= 11 is 0. The predicted molar refractivity (Wildman–Crippen MR) is 107 cm³/mol. The fourth-order valence-electron chi connectivity index (χ4n) is 3.17. The number of carbonyl (C=O) groups excluding carboxylic acids is 1. The Morgan fingerprint density at radius 2 is 1.93 bits per heavy atom. The number of likely N-dealkylation sites (N-methyl/N-ethyl adjacent to an activating group) is 1. The Labute approximate surface area is 166 Å². The molecule has 1 aromatic heterocycles. The zero-order valence-corrected chi connectivity index (χ0v) is 17.1. The van der Waals surface area contributed by atoms with Gasteiger partial charge in [-0.1, -0.05) is 6.07 Å². The van der Waals surface area contributed by atoms with Gasteiger partial charge in [0.15, 0.2) is 0 Å². The maximum atomic E-state index is 12.9. The first-order valence-electron chi connectivity index (χ1n) is 9.48. The predicted octanol–water partition coefficient (Wildman–Crippen LogP) is 1.97. The van der Waals surface area contributed by atoms with Gasteiger partial charge in [0.1, 0.15) is 5.76 Å². The van der Waals surface area contributed by atoms with Gasteiger partial charge in [-0.3, -0.25) is 4.79 Å². The Morgan fingerprint density at radius 3 is 2.61 bits per heavy atom. The molecule has 152 valence electrons. The molecule has 7 nitrogen and oxygen atoms in total. The first-order valence-corrected chi connectivity index (χ1v) is 10.9. The number of piperazine rings is 1. The third kappa shape index (κ3) is 5.01. The zero-order valence-electron chi connectivity index (χ0n) is 16.3. The molecule has 1 aromatic carbocycles. The van der Waals surface area contributed by atoms with E-state index in [1.165, 1.54) is 10.4 Å². The number of hydrogen-bond acceptors (Lipinski definition) is 5. The maximum Gasteiger partial charge on any atom is 0.251 e. The second kappa shape index (κ2) is 8.89. The summed E-state index contributed by atoms with van der Waals surface area (Å²) in [6.45, 7) is 4.24. The van der Waals surface area contributed by atoms with E-state index >= 15 is 0 Å². The normalized spacial score (nSPS) is 17.4. The number of amides is 1. The number of aryl methyl sites for hydroxylation is 1. The van der Waals surface area contributed by atoms with Crippen molar-refractivity contribution in [3.05, 3.63) is 54.0 Å². The van der Waals surface area contributed by atoms with Gasteiger partial charge in [-0.15, -0.1) is 0 Å². The molecule has 2 heterocycles. The molecule has 0 spiro atoms. The topological polar surface area (TPSA) is 82.9 Å². The quantitative estimate of drug-likeness (QED) is 0.762. The van der Waals surface area contributed by atoms with Crippen LogP contribution in [0.1, 0.15) is 29.5 Å². The lowest BCUT2D eigenvalue weighted by molar-refractivity contribution is 0.0938. The maximum absolute atomic E-state index is 12.9. The summed E-state index contributed by atoms with van der Waals surface area (Å²) in [7, 11) is -1.62. The van der Waals surface area contributed by atoms with Crippen LogP contribution in [0.5, 0.6) is 0 Å². The van der Waals surface area contributed by atoms with E-state index in [-0.39, 0.29) is 16.8 Å². The second-order valence-electron chi connectivity index (χ2n) is 7.23. The summed E-state index contributed by atoms with van der Waals surface area (Å²) in [5.74, 6) is 0.601. The van der Waals surface area contributed by atoms with Crippen molar-refractivity contribution in [2.75, 3.05) is 33.2 Å². The van der Waals surface area contributed by atoms with Crippen molar-refractivity contribution in [2.45, 2.75) is 30.7 Å². The van der Waals surface area contributed by atoms with E-state index in [0.29, 0.717) is 31.7 Å². The van der Waals surface area contributed by atoms with Gasteiger partial charge < -0.3 is 14.6 Å². The zero-order chi connectivity index (χ0) is 20.1. The summed E-state index contributed by atoms with van der Waals surface area (Å²) in [5.41, 5.74) is 0.347. The Kier molecular flexibility index (Phi) is 6.53. The van der Waals surface area contributed by atoms with Crippen LogP contribution >= 0.6 is 0 Å². The lowest BCUT2D eigenvalue weighted by Gasteiger charge is -2.31. The van der Waals surface area contributed by atoms with Crippen LogP contribution < -0.4 is 5.32 Å². The van der Waals surface area contributed by atoms with Crippen LogP contribution in [0.3, 0.4) is 0 Å². The fraction of sp³-hybridized carbons (Fsp3) is 0.450. The molecule has 0 saturated carbocycles. The van der Waals surface area contributed by atoms with Gasteiger partial charge in [-0.2, -0.15) is 4.31 Å². The van der Waals surface area contributed by atoms with Crippen molar-refractivity contribution in [1.29, 1.82) is 0 Å². The van der Waals surface area contributed by atoms with Gasteiger partial charge in [0.05, 0.1) is 11.2 Å². The van der Waals surface area contributed by atoms with Gasteiger partial charge >= 0.3 is 0 Å². The lowest BCUT2D eigenvalue weighted by Crippen LogP contribution is -2.47. The summed E-state index contributed by atoms with van der Waals surface area (Å²) < 4.78 is 32.6. The van der Waals surface area contributed by atoms with Gasteiger partial charge in [-0.05, 0) is 50.7 Å². The summed E-state index contributed by atoms with van der Waals surface area (Å²) in [4.78, 5) is 14.8. The van der Waals surface area contributed by atoms with Crippen LogP contribution in [0, 0.1) is 0 Å². The van der Waals surface area contributed by atoms with Crippen molar-refractivity contribution < 1.29 is 17.6 Å². The Hall–Kier alpha value is -2.16. The molecule has 1 amide bonds. The Morgan fingerprint density at radius 1 is 1.18 bits per heavy atom. The molecule has 1 aliphatic heterocycles. The van der Waals surface area contributed by atoms with E-state index in [9.17, 15) is 13.2 Å². The molecule has 1 saturated heterocycles. The Bertz CT molecular complexity index is 888. The summed E-state index contributed by atoms with van der Waals surface area (Å²) in [5, 5.41) is 2.93. The molecule has 1 unspecified atom stereocenters. The monoisotopic (exact) mass is 405 g/mol. The average Bonchev–Trinajstić information content (AvgIpc) is 3.20. The van der Waals surface area contributed by atoms with Crippen LogP contribution in [0.2, 0.25) is 0 Å². The molecule has 1 fully saturated rings. The minimum Gasteiger partial charge on any atom is -0.469 e. The van der Waals surface area contributed by atoms with E-state index in [0.717, 1.165) is 18.6 Å². The molecule has 1 aliphatic rings. The fourth-order valence-corrected chi connectivity index (χ4v) is 4.64.